The quantitative estimate of drug-likeness (QED) is 0.417. The Morgan fingerprint density at radius 1 is 1.24 bits per heavy atom. The van der Waals surface area contributed by atoms with Gasteiger partial charge in [0.15, 0.2) is 5.82 Å². The summed E-state index contributed by atoms with van der Waals surface area (Å²) < 4.78 is 47.2. The molecule has 1 aliphatic carbocycles. The second-order valence-corrected chi connectivity index (χ2v) is 9.18. The standard InChI is InChI=1S/C22H20F3N5O2S/c1-32-21(31)12-7-5-11(6-8-12)20-29-16(17-19(26)27-10-28-30(17)20)15-9-13-3-2-4-14(18(13)33-15)22(23,24)25/h2-4,9-12H,5-8H2,1H3,(H2,26,27,28)/t11-,12-. The summed E-state index contributed by atoms with van der Waals surface area (Å²) in [6.07, 6.45) is -0.354. The Hall–Kier alpha value is -3.21. The molecule has 0 amide bonds. The minimum absolute atomic E-state index is 0.0292. The van der Waals surface area contributed by atoms with Crippen LogP contribution in [0.1, 0.15) is 43.0 Å². The smallest absolute Gasteiger partial charge is 0.417 e. The number of nitrogens with zero attached hydrogens (tertiary/aromatic N) is 4. The number of thiophene rings is 1. The number of benzene rings is 1. The summed E-state index contributed by atoms with van der Waals surface area (Å²) in [5, 5.41) is 4.83. The Balaban J connectivity index is 1.60. The largest absolute Gasteiger partial charge is 0.469 e. The molecule has 2 N–H and O–H groups in total. The lowest BCUT2D eigenvalue weighted by atomic mass is 9.81. The van der Waals surface area contributed by atoms with Gasteiger partial charge in [-0.15, -0.1) is 11.3 Å². The number of rotatable bonds is 3. The molecule has 33 heavy (non-hydrogen) atoms. The van der Waals surface area contributed by atoms with Crippen molar-refractivity contribution in [2.75, 3.05) is 12.8 Å². The molecule has 3 heterocycles. The lowest BCUT2D eigenvalue weighted by Gasteiger charge is -2.25. The molecule has 1 aliphatic rings. The van der Waals surface area contributed by atoms with Gasteiger partial charge in [0.25, 0.3) is 0 Å². The summed E-state index contributed by atoms with van der Waals surface area (Å²) >= 11 is 1.03. The van der Waals surface area contributed by atoms with Crippen molar-refractivity contribution >= 4 is 38.7 Å². The number of hydrogen-bond donors (Lipinski definition) is 1. The molecular formula is C22H20F3N5O2S. The van der Waals surface area contributed by atoms with Crippen molar-refractivity contribution in [3.63, 3.8) is 0 Å². The van der Waals surface area contributed by atoms with Crippen molar-refractivity contribution < 1.29 is 22.7 Å². The fraction of sp³-hybridized carbons (Fsp3) is 0.364. The zero-order chi connectivity index (χ0) is 23.3. The molecule has 1 saturated carbocycles. The van der Waals surface area contributed by atoms with Gasteiger partial charge in [-0.05, 0) is 43.2 Å². The fourth-order valence-corrected chi connectivity index (χ4v) is 5.75. The highest BCUT2D eigenvalue weighted by Crippen LogP contribution is 2.44. The number of nitrogen functional groups attached to an aromatic ring is 1. The normalized spacial score (nSPS) is 19.3. The van der Waals surface area contributed by atoms with Crippen molar-refractivity contribution in [1.29, 1.82) is 0 Å². The lowest BCUT2D eigenvalue weighted by Crippen LogP contribution is -2.23. The van der Waals surface area contributed by atoms with Crippen LogP contribution in [0.3, 0.4) is 0 Å². The number of carbonyl (C=O) groups is 1. The Bertz CT molecular complexity index is 1360. The maximum atomic E-state index is 13.5. The molecule has 4 aromatic rings. The molecule has 0 spiro atoms. The van der Waals surface area contributed by atoms with E-state index in [1.807, 2.05) is 0 Å². The van der Waals surface area contributed by atoms with Crippen LogP contribution in [0.4, 0.5) is 19.0 Å². The summed E-state index contributed by atoms with van der Waals surface area (Å²) in [6.45, 7) is 0. The van der Waals surface area contributed by atoms with E-state index in [1.54, 1.807) is 16.6 Å². The van der Waals surface area contributed by atoms with Gasteiger partial charge in [-0.25, -0.2) is 14.5 Å². The van der Waals surface area contributed by atoms with E-state index < -0.39 is 11.7 Å². The van der Waals surface area contributed by atoms with Crippen LogP contribution in [0.25, 0.3) is 26.2 Å². The molecule has 0 bridgehead atoms. The van der Waals surface area contributed by atoms with E-state index in [1.165, 1.54) is 19.5 Å². The summed E-state index contributed by atoms with van der Waals surface area (Å²) in [7, 11) is 1.39. The number of methoxy groups -OCH3 is 1. The first-order valence-corrected chi connectivity index (χ1v) is 11.3. The number of aromatic nitrogens is 4. The highest BCUT2D eigenvalue weighted by atomic mass is 32.1. The van der Waals surface area contributed by atoms with Gasteiger partial charge in [0.2, 0.25) is 0 Å². The van der Waals surface area contributed by atoms with Gasteiger partial charge in [-0.1, -0.05) is 12.1 Å². The van der Waals surface area contributed by atoms with E-state index in [2.05, 4.69) is 10.1 Å². The van der Waals surface area contributed by atoms with Gasteiger partial charge < -0.3 is 10.5 Å². The molecule has 7 nitrogen and oxygen atoms in total. The molecular weight excluding hydrogens is 455 g/mol. The number of halogens is 3. The second kappa shape index (κ2) is 7.98. The van der Waals surface area contributed by atoms with E-state index in [9.17, 15) is 18.0 Å². The first-order valence-electron chi connectivity index (χ1n) is 10.4. The Labute approximate surface area is 190 Å². The highest BCUT2D eigenvalue weighted by Gasteiger charge is 2.34. The van der Waals surface area contributed by atoms with Crippen molar-refractivity contribution in [3.8, 4) is 10.6 Å². The van der Waals surface area contributed by atoms with Crippen LogP contribution < -0.4 is 5.73 Å². The number of anilines is 1. The van der Waals surface area contributed by atoms with Crippen LogP contribution in [0.2, 0.25) is 0 Å². The van der Waals surface area contributed by atoms with E-state index in [-0.39, 0.29) is 28.3 Å². The Morgan fingerprint density at radius 3 is 2.70 bits per heavy atom. The number of fused-ring (bicyclic) bond motifs is 2. The molecule has 0 saturated heterocycles. The minimum Gasteiger partial charge on any atom is -0.469 e. The number of hydrogen-bond acceptors (Lipinski definition) is 7. The lowest BCUT2D eigenvalue weighted by molar-refractivity contribution is -0.146. The Morgan fingerprint density at radius 2 is 2.00 bits per heavy atom. The molecule has 0 radical (unpaired) electrons. The average Bonchev–Trinajstić information content (AvgIpc) is 3.40. The summed E-state index contributed by atoms with van der Waals surface area (Å²) in [5.74, 6) is 0.558. The number of ether oxygens (including phenoxy) is 1. The van der Waals surface area contributed by atoms with Gasteiger partial charge in [0, 0.05) is 10.6 Å². The predicted octanol–water partition coefficient (Wildman–Crippen LogP) is 5.05. The number of nitrogens with two attached hydrogens (primary N) is 1. The molecule has 0 unspecified atom stereocenters. The summed E-state index contributed by atoms with van der Waals surface area (Å²) in [5.41, 5.74) is 6.43. The van der Waals surface area contributed by atoms with E-state index in [4.69, 9.17) is 15.5 Å². The van der Waals surface area contributed by atoms with Crippen molar-refractivity contribution in [1.82, 2.24) is 19.6 Å². The molecule has 0 atom stereocenters. The van der Waals surface area contributed by atoms with E-state index in [0.29, 0.717) is 53.0 Å². The van der Waals surface area contributed by atoms with Crippen LogP contribution in [-0.2, 0) is 15.7 Å². The number of carbonyl (C=O) groups excluding carboxylic acids is 1. The van der Waals surface area contributed by atoms with Crippen LogP contribution in [0, 0.1) is 5.92 Å². The van der Waals surface area contributed by atoms with Crippen LogP contribution in [0.15, 0.2) is 30.6 Å². The third kappa shape index (κ3) is 3.69. The van der Waals surface area contributed by atoms with E-state index >= 15 is 0 Å². The zero-order valence-electron chi connectivity index (χ0n) is 17.6. The van der Waals surface area contributed by atoms with Crippen LogP contribution >= 0.6 is 11.3 Å². The molecule has 1 fully saturated rings. The number of imidazole rings is 1. The molecule has 11 heteroatoms. The van der Waals surface area contributed by atoms with Crippen LogP contribution in [-0.4, -0.2) is 32.7 Å². The molecule has 1 aromatic carbocycles. The van der Waals surface area contributed by atoms with Crippen molar-refractivity contribution in [3.05, 3.63) is 42.0 Å². The van der Waals surface area contributed by atoms with Crippen LogP contribution in [0.5, 0.6) is 0 Å². The fourth-order valence-electron chi connectivity index (χ4n) is 4.57. The zero-order valence-corrected chi connectivity index (χ0v) is 18.4. The average molecular weight is 475 g/mol. The molecule has 5 rings (SSSR count). The first-order chi connectivity index (χ1) is 15.8. The maximum Gasteiger partial charge on any atom is 0.417 e. The number of alkyl halides is 3. The van der Waals surface area contributed by atoms with Crippen molar-refractivity contribution in [2.24, 2.45) is 5.92 Å². The minimum atomic E-state index is -4.45. The first kappa shape index (κ1) is 21.6. The predicted molar refractivity (Wildman–Crippen MR) is 118 cm³/mol. The summed E-state index contributed by atoms with van der Waals surface area (Å²) in [6, 6.07) is 5.83. The van der Waals surface area contributed by atoms with E-state index in [0.717, 1.165) is 17.4 Å². The SMILES string of the molecule is COC(=O)[C@H]1CC[C@H](c2nc(-c3cc4cccc(C(F)(F)F)c4s3)c3c(N)ncnn32)CC1. The van der Waals surface area contributed by atoms with Gasteiger partial charge in [0.1, 0.15) is 23.4 Å². The third-order valence-electron chi connectivity index (χ3n) is 6.20. The van der Waals surface area contributed by atoms with Gasteiger partial charge in [-0.2, -0.15) is 18.3 Å². The van der Waals surface area contributed by atoms with Crippen molar-refractivity contribution in [2.45, 2.75) is 37.8 Å². The molecule has 3 aromatic heterocycles. The Kier molecular flexibility index (Phi) is 5.23. The molecule has 172 valence electrons. The third-order valence-corrected chi connectivity index (χ3v) is 7.39. The highest BCUT2D eigenvalue weighted by molar-refractivity contribution is 7.22. The summed E-state index contributed by atoms with van der Waals surface area (Å²) in [4.78, 5) is 21.3. The van der Waals surface area contributed by atoms with Gasteiger partial charge >= 0.3 is 12.1 Å². The van der Waals surface area contributed by atoms with Gasteiger partial charge in [0.05, 0.1) is 23.5 Å². The monoisotopic (exact) mass is 475 g/mol. The molecule has 0 aliphatic heterocycles. The van der Waals surface area contributed by atoms with Gasteiger partial charge in [-0.3, -0.25) is 4.79 Å². The maximum absolute atomic E-state index is 13.5. The topological polar surface area (TPSA) is 95.4 Å². The number of esters is 1. The second-order valence-electron chi connectivity index (χ2n) is 8.13.